The van der Waals surface area contributed by atoms with Crippen LogP contribution in [0.25, 0.3) is 0 Å². The Bertz CT molecular complexity index is 483. The van der Waals surface area contributed by atoms with E-state index in [2.05, 4.69) is 4.72 Å². The van der Waals surface area contributed by atoms with E-state index in [9.17, 15) is 21.6 Å². The molecule has 7 heteroatoms. The van der Waals surface area contributed by atoms with Gasteiger partial charge in [0.05, 0.1) is 11.3 Å². The van der Waals surface area contributed by atoms with E-state index in [0.717, 1.165) is 6.07 Å². The third-order valence-corrected chi connectivity index (χ3v) is 3.53. The summed E-state index contributed by atoms with van der Waals surface area (Å²) in [6.07, 6.45) is -4.48. The lowest BCUT2D eigenvalue weighted by Gasteiger charge is -2.12. The van der Waals surface area contributed by atoms with Crippen LogP contribution in [-0.4, -0.2) is 14.2 Å². The third-order valence-electron chi connectivity index (χ3n) is 2.19. The van der Waals surface area contributed by atoms with Crippen LogP contribution in [-0.2, 0) is 22.7 Å². The maximum atomic E-state index is 12.6. The van der Waals surface area contributed by atoms with Crippen LogP contribution >= 0.6 is 0 Å². The van der Waals surface area contributed by atoms with Crippen molar-refractivity contribution in [3.63, 3.8) is 0 Å². The molecule has 0 aliphatic rings. The topological polar surface area (TPSA) is 46.2 Å². The number of halogens is 3. The fourth-order valence-corrected chi connectivity index (χ4v) is 1.82. The van der Waals surface area contributed by atoms with Gasteiger partial charge in [0.2, 0.25) is 10.0 Å². The quantitative estimate of drug-likeness (QED) is 0.908. The first-order valence-corrected chi connectivity index (χ1v) is 6.54. The van der Waals surface area contributed by atoms with Crippen molar-refractivity contribution in [3.05, 3.63) is 35.4 Å². The minimum Gasteiger partial charge on any atom is -0.212 e. The summed E-state index contributed by atoms with van der Waals surface area (Å²) in [5.74, 6) is -0.165. The lowest BCUT2D eigenvalue weighted by atomic mass is 10.1. The van der Waals surface area contributed by atoms with Gasteiger partial charge in [-0.1, -0.05) is 18.2 Å². The number of sulfonamides is 1. The van der Waals surface area contributed by atoms with Crippen molar-refractivity contribution in [2.75, 3.05) is 5.75 Å². The molecule has 0 heterocycles. The second-order valence-corrected chi connectivity index (χ2v) is 5.47. The Kier molecular flexibility index (Phi) is 4.16. The third kappa shape index (κ3) is 4.01. The average molecular weight is 267 g/mol. The zero-order valence-corrected chi connectivity index (χ0v) is 9.90. The lowest BCUT2D eigenvalue weighted by molar-refractivity contribution is -0.138. The Hall–Kier alpha value is -1.08. The maximum absolute atomic E-state index is 12.6. The molecular weight excluding hydrogens is 255 g/mol. The summed E-state index contributed by atoms with van der Waals surface area (Å²) in [7, 11) is -3.50. The summed E-state index contributed by atoms with van der Waals surface area (Å²) in [6.45, 7) is 1.06. The van der Waals surface area contributed by atoms with E-state index >= 15 is 0 Å². The largest absolute Gasteiger partial charge is 0.416 e. The molecular formula is C10H12F3NO2S. The van der Waals surface area contributed by atoms with Crippen molar-refractivity contribution in [2.24, 2.45) is 0 Å². The number of nitrogens with one attached hydrogen (secondary N) is 1. The molecule has 0 saturated carbocycles. The average Bonchev–Trinajstić information content (AvgIpc) is 2.26. The first kappa shape index (κ1) is 14.0. The van der Waals surface area contributed by atoms with Crippen molar-refractivity contribution in [2.45, 2.75) is 19.6 Å². The molecule has 17 heavy (non-hydrogen) atoms. The first-order chi connectivity index (χ1) is 7.76. The van der Waals surface area contributed by atoms with Crippen molar-refractivity contribution < 1.29 is 21.6 Å². The normalized spacial score (nSPS) is 12.7. The van der Waals surface area contributed by atoms with Crippen LogP contribution in [0.2, 0.25) is 0 Å². The molecule has 0 bridgehead atoms. The Morgan fingerprint density at radius 3 is 2.35 bits per heavy atom. The Morgan fingerprint density at radius 2 is 1.82 bits per heavy atom. The highest BCUT2D eigenvalue weighted by molar-refractivity contribution is 7.89. The van der Waals surface area contributed by atoms with Gasteiger partial charge in [-0.15, -0.1) is 0 Å². The minimum atomic E-state index is -4.48. The van der Waals surface area contributed by atoms with E-state index in [1.54, 1.807) is 0 Å². The lowest BCUT2D eigenvalue weighted by Crippen LogP contribution is -2.26. The zero-order valence-electron chi connectivity index (χ0n) is 9.08. The van der Waals surface area contributed by atoms with E-state index in [0.29, 0.717) is 0 Å². The molecule has 1 aromatic rings. The molecule has 3 nitrogen and oxygen atoms in total. The summed E-state index contributed by atoms with van der Waals surface area (Å²) < 4.78 is 62.1. The van der Waals surface area contributed by atoms with E-state index in [1.165, 1.54) is 25.1 Å². The van der Waals surface area contributed by atoms with Gasteiger partial charge < -0.3 is 0 Å². The second kappa shape index (κ2) is 5.05. The fraction of sp³-hybridized carbons (Fsp3) is 0.400. The van der Waals surface area contributed by atoms with E-state index in [1.807, 2.05) is 0 Å². The molecule has 0 amide bonds. The molecule has 0 radical (unpaired) electrons. The standard InChI is InChI=1S/C10H12F3NO2S/c1-2-17(15,16)14-7-8-5-3-4-6-9(8)10(11,12)13/h3-6,14H,2,7H2,1H3. The highest BCUT2D eigenvalue weighted by Crippen LogP contribution is 2.31. The summed E-state index contributed by atoms with van der Waals surface area (Å²) in [4.78, 5) is 0. The fourth-order valence-electron chi connectivity index (χ4n) is 1.24. The number of benzene rings is 1. The van der Waals surface area contributed by atoms with Crippen LogP contribution < -0.4 is 4.72 Å². The summed E-state index contributed by atoms with van der Waals surface area (Å²) >= 11 is 0. The monoisotopic (exact) mass is 267 g/mol. The first-order valence-electron chi connectivity index (χ1n) is 4.88. The van der Waals surface area contributed by atoms with Gasteiger partial charge in [-0.25, -0.2) is 13.1 Å². The van der Waals surface area contributed by atoms with Crippen LogP contribution in [0.15, 0.2) is 24.3 Å². The molecule has 96 valence electrons. The second-order valence-electron chi connectivity index (χ2n) is 3.38. The maximum Gasteiger partial charge on any atom is 0.416 e. The smallest absolute Gasteiger partial charge is 0.212 e. The summed E-state index contributed by atoms with van der Waals surface area (Å²) in [5.41, 5.74) is -0.907. The predicted molar refractivity (Wildman–Crippen MR) is 57.7 cm³/mol. The van der Waals surface area contributed by atoms with Gasteiger partial charge in [0.1, 0.15) is 0 Å². The van der Waals surface area contributed by atoms with Gasteiger partial charge in [0.25, 0.3) is 0 Å². The number of hydrogen-bond donors (Lipinski definition) is 1. The molecule has 0 aliphatic carbocycles. The highest BCUT2D eigenvalue weighted by Gasteiger charge is 2.32. The van der Waals surface area contributed by atoms with E-state index in [4.69, 9.17) is 0 Å². The number of hydrogen-bond acceptors (Lipinski definition) is 2. The predicted octanol–water partition coefficient (Wildman–Crippen LogP) is 2.14. The molecule has 0 fully saturated rings. The van der Waals surface area contributed by atoms with Gasteiger partial charge in [0.15, 0.2) is 0 Å². The highest BCUT2D eigenvalue weighted by atomic mass is 32.2. The van der Waals surface area contributed by atoms with Gasteiger partial charge >= 0.3 is 6.18 Å². The van der Waals surface area contributed by atoms with Gasteiger partial charge in [-0.3, -0.25) is 0 Å². The molecule has 0 atom stereocenters. The number of rotatable bonds is 4. The van der Waals surface area contributed by atoms with Crippen molar-refractivity contribution >= 4 is 10.0 Å². The van der Waals surface area contributed by atoms with Gasteiger partial charge in [0, 0.05) is 6.54 Å². The summed E-state index contributed by atoms with van der Waals surface area (Å²) in [5, 5.41) is 0. The van der Waals surface area contributed by atoms with Gasteiger partial charge in [-0.05, 0) is 18.6 Å². The minimum absolute atomic E-state index is 0.0861. The molecule has 0 unspecified atom stereocenters. The molecule has 0 spiro atoms. The molecule has 1 rings (SSSR count). The van der Waals surface area contributed by atoms with E-state index in [-0.39, 0.29) is 17.9 Å². The molecule has 0 aromatic heterocycles. The van der Waals surface area contributed by atoms with Crippen molar-refractivity contribution in [1.29, 1.82) is 0 Å². The Balaban J connectivity index is 2.93. The number of alkyl halides is 3. The van der Waals surface area contributed by atoms with Crippen LogP contribution in [0.4, 0.5) is 13.2 Å². The van der Waals surface area contributed by atoms with Crippen molar-refractivity contribution in [1.82, 2.24) is 4.72 Å². The van der Waals surface area contributed by atoms with Crippen LogP contribution in [0.5, 0.6) is 0 Å². The Morgan fingerprint density at radius 1 is 1.24 bits per heavy atom. The van der Waals surface area contributed by atoms with Gasteiger partial charge in [-0.2, -0.15) is 13.2 Å². The van der Waals surface area contributed by atoms with Crippen LogP contribution in [0, 0.1) is 0 Å². The SMILES string of the molecule is CCS(=O)(=O)NCc1ccccc1C(F)(F)F. The van der Waals surface area contributed by atoms with E-state index < -0.39 is 21.8 Å². The van der Waals surface area contributed by atoms with Crippen molar-refractivity contribution in [3.8, 4) is 0 Å². The van der Waals surface area contributed by atoms with Crippen LogP contribution in [0.1, 0.15) is 18.1 Å². The molecule has 0 saturated heterocycles. The Labute approximate surface area is 97.7 Å². The van der Waals surface area contributed by atoms with Crippen LogP contribution in [0.3, 0.4) is 0 Å². The molecule has 1 N–H and O–H groups in total. The molecule has 1 aromatic carbocycles. The molecule has 0 aliphatic heterocycles. The summed E-state index contributed by atoms with van der Waals surface area (Å²) in [6, 6.07) is 4.88. The zero-order chi connectivity index (χ0) is 13.1.